The Bertz CT molecular complexity index is 862. The molecular weight excluding hydrogens is 477 g/mol. The summed E-state index contributed by atoms with van der Waals surface area (Å²) in [6.45, 7) is 4.90. The molecule has 178 valence electrons. The standard InChI is InChI=1S/C21H27N5O3.3ClH/c1-16(27)24-9-11-25(12-10-24)20-8-7-19(23-14-20)6-5-17-3-2-4-18(13-17)15-26(22)21(28)29;;;/h2-4,7-8,13-14H,5-6,9-12,15,22H2,1H3,(H,28,29);3*1H. The van der Waals surface area contributed by atoms with E-state index in [1.807, 2.05) is 41.4 Å². The third-order valence-electron chi connectivity index (χ3n) is 5.16. The Hall–Kier alpha value is -2.26. The number of hydrazine groups is 1. The molecule has 0 aliphatic carbocycles. The number of hydrogen-bond acceptors (Lipinski definition) is 5. The maximum Gasteiger partial charge on any atom is 0.421 e. The molecule has 1 saturated heterocycles. The number of amides is 2. The van der Waals surface area contributed by atoms with E-state index in [-0.39, 0.29) is 49.7 Å². The predicted molar refractivity (Wildman–Crippen MR) is 132 cm³/mol. The number of hydrogen-bond donors (Lipinski definition) is 2. The van der Waals surface area contributed by atoms with Gasteiger partial charge in [-0.3, -0.25) is 9.78 Å². The minimum Gasteiger partial charge on any atom is -0.464 e. The Morgan fingerprint density at radius 2 is 1.69 bits per heavy atom. The van der Waals surface area contributed by atoms with Crippen molar-refractivity contribution in [2.24, 2.45) is 5.84 Å². The molecule has 0 saturated carbocycles. The van der Waals surface area contributed by atoms with Crippen LogP contribution in [-0.4, -0.2) is 58.2 Å². The highest BCUT2D eigenvalue weighted by atomic mass is 35.5. The van der Waals surface area contributed by atoms with Gasteiger partial charge in [0, 0.05) is 38.8 Å². The van der Waals surface area contributed by atoms with E-state index in [4.69, 9.17) is 10.9 Å². The van der Waals surface area contributed by atoms with Crippen molar-refractivity contribution in [1.29, 1.82) is 0 Å². The molecule has 3 N–H and O–H groups in total. The summed E-state index contributed by atoms with van der Waals surface area (Å²) in [6.07, 6.45) is 2.36. The van der Waals surface area contributed by atoms with Gasteiger partial charge in [0.1, 0.15) is 0 Å². The van der Waals surface area contributed by atoms with E-state index in [2.05, 4.69) is 16.0 Å². The first-order valence-electron chi connectivity index (χ1n) is 9.71. The van der Waals surface area contributed by atoms with Crippen molar-refractivity contribution in [3.05, 3.63) is 59.4 Å². The van der Waals surface area contributed by atoms with Gasteiger partial charge in [0.05, 0.1) is 18.4 Å². The summed E-state index contributed by atoms with van der Waals surface area (Å²) >= 11 is 0. The Labute approximate surface area is 207 Å². The Morgan fingerprint density at radius 3 is 2.25 bits per heavy atom. The summed E-state index contributed by atoms with van der Waals surface area (Å²) in [5, 5.41) is 9.66. The second-order valence-electron chi connectivity index (χ2n) is 7.23. The van der Waals surface area contributed by atoms with Gasteiger partial charge in [-0.05, 0) is 36.1 Å². The van der Waals surface area contributed by atoms with Gasteiger partial charge in [0.15, 0.2) is 0 Å². The van der Waals surface area contributed by atoms with Gasteiger partial charge in [-0.15, -0.1) is 37.2 Å². The minimum atomic E-state index is -1.15. The number of benzene rings is 1. The zero-order chi connectivity index (χ0) is 20.8. The number of nitrogens with two attached hydrogens (primary N) is 1. The first-order valence-corrected chi connectivity index (χ1v) is 9.71. The lowest BCUT2D eigenvalue weighted by molar-refractivity contribution is -0.129. The predicted octanol–water partition coefficient (Wildman–Crippen LogP) is 3.15. The molecule has 0 atom stereocenters. The smallest absolute Gasteiger partial charge is 0.421 e. The van der Waals surface area contributed by atoms with Crippen molar-refractivity contribution in [3.8, 4) is 0 Å². The highest BCUT2D eigenvalue weighted by Gasteiger charge is 2.18. The van der Waals surface area contributed by atoms with Crippen molar-refractivity contribution in [2.45, 2.75) is 26.3 Å². The highest BCUT2D eigenvalue weighted by molar-refractivity contribution is 5.86. The minimum absolute atomic E-state index is 0. The lowest BCUT2D eigenvalue weighted by atomic mass is 10.0. The molecule has 1 aromatic heterocycles. The van der Waals surface area contributed by atoms with E-state index in [0.29, 0.717) is 0 Å². The fourth-order valence-corrected chi connectivity index (χ4v) is 3.45. The summed E-state index contributed by atoms with van der Waals surface area (Å²) in [6, 6.07) is 11.9. The van der Waals surface area contributed by atoms with Gasteiger partial charge in [0.25, 0.3) is 0 Å². The molecule has 8 nitrogen and oxygen atoms in total. The Kier molecular flexibility index (Phi) is 13.0. The van der Waals surface area contributed by atoms with Crippen LogP contribution in [0.1, 0.15) is 23.7 Å². The van der Waals surface area contributed by atoms with Crippen molar-refractivity contribution in [2.75, 3.05) is 31.1 Å². The number of aryl methyl sites for hydroxylation is 2. The van der Waals surface area contributed by atoms with Crippen LogP contribution in [0.15, 0.2) is 42.6 Å². The van der Waals surface area contributed by atoms with E-state index in [1.165, 1.54) is 0 Å². The molecule has 11 heteroatoms. The molecule has 3 rings (SSSR count). The van der Waals surface area contributed by atoms with Crippen LogP contribution in [0.2, 0.25) is 0 Å². The molecule has 0 bridgehead atoms. The van der Waals surface area contributed by atoms with Crippen LogP contribution < -0.4 is 10.7 Å². The maximum absolute atomic E-state index is 11.4. The molecule has 1 fully saturated rings. The third-order valence-corrected chi connectivity index (χ3v) is 5.16. The summed E-state index contributed by atoms with van der Waals surface area (Å²) in [4.78, 5) is 31.0. The van der Waals surface area contributed by atoms with Crippen LogP contribution in [0, 0.1) is 0 Å². The fourth-order valence-electron chi connectivity index (χ4n) is 3.45. The van der Waals surface area contributed by atoms with Gasteiger partial charge >= 0.3 is 6.09 Å². The van der Waals surface area contributed by atoms with E-state index in [0.717, 1.165) is 66.5 Å². The van der Waals surface area contributed by atoms with Gasteiger partial charge in [-0.2, -0.15) is 0 Å². The maximum atomic E-state index is 11.4. The largest absolute Gasteiger partial charge is 0.464 e. The monoisotopic (exact) mass is 505 g/mol. The molecule has 0 radical (unpaired) electrons. The molecule has 2 amide bonds. The van der Waals surface area contributed by atoms with Crippen molar-refractivity contribution in [3.63, 3.8) is 0 Å². The number of aromatic nitrogens is 1. The number of anilines is 1. The molecule has 0 spiro atoms. The summed E-state index contributed by atoms with van der Waals surface area (Å²) in [5.41, 5.74) is 4.07. The van der Waals surface area contributed by atoms with Crippen LogP contribution in [0.4, 0.5) is 10.5 Å². The number of carbonyl (C=O) groups is 2. The average molecular weight is 507 g/mol. The molecule has 1 aromatic carbocycles. The van der Waals surface area contributed by atoms with Gasteiger partial charge in [-0.1, -0.05) is 24.3 Å². The van der Waals surface area contributed by atoms with E-state index in [1.54, 1.807) is 6.92 Å². The molecule has 2 heterocycles. The SMILES string of the molecule is CC(=O)N1CCN(c2ccc(CCc3cccc(CN(N)C(=O)O)c3)nc2)CC1.Cl.Cl.Cl. The Balaban J connectivity index is 0.00000320. The van der Waals surface area contributed by atoms with Crippen LogP contribution in [0.3, 0.4) is 0 Å². The van der Waals surface area contributed by atoms with E-state index >= 15 is 0 Å². The number of halogens is 3. The first kappa shape index (κ1) is 29.7. The molecule has 2 aromatic rings. The number of carboxylic acid groups (broad SMARTS) is 1. The second kappa shape index (κ2) is 14.0. The molecule has 32 heavy (non-hydrogen) atoms. The number of nitrogens with zero attached hydrogens (tertiary/aromatic N) is 4. The van der Waals surface area contributed by atoms with Crippen LogP contribution >= 0.6 is 37.2 Å². The normalized spacial score (nSPS) is 12.7. The van der Waals surface area contributed by atoms with Gasteiger partial charge in [-0.25, -0.2) is 15.6 Å². The fraction of sp³-hybridized carbons (Fsp3) is 0.381. The van der Waals surface area contributed by atoms with Gasteiger partial charge < -0.3 is 14.9 Å². The van der Waals surface area contributed by atoms with E-state index < -0.39 is 6.09 Å². The first-order chi connectivity index (χ1) is 13.9. The topological polar surface area (TPSA) is 103 Å². The average Bonchev–Trinajstić information content (AvgIpc) is 2.73. The molecule has 1 aliphatic heterocycles. The zero-order valence-corrected chi connectivity index (χ0v) is 20.3. The number of pyridine rings is 1. The number of carbonyl (C=O) groups excluding carboxylic acids is 1. The molecule has 0 unspecified atom stereocenters. The highest BCUT2D eigenvalue weighted by Crippen LogP contribution is 2.17. The Morgan fingerprint density at radius 1 is 1.03 bits per heavy atom. The lowest BCUT2D eigenvalue weighted by Gasteiger charge is -2.35. The molecule has 1 aliphatic rings. The van der Waals surface area contributed by atoms with Gasteiger partial charge in [0.2, 0.25) is 5.91 Å². The second-order valence-corrected chi connectivity index (χ2v) is 7.23. The third kappa shape index (κ3) is 8.35. The number of rotatable bonds is 6. The number of piperazine rings is 1. The molecular formula is C21H30Cl3N5O3. The summed E-state index contributed by atoms with van der Waals surface area (Å²) in [7, 11) is 0. The quantitative estimate of drug-likeness (QED) is 0.354. The van der Waals surface area contributed by atoms with Crippen molar-refractivity contribution >= 4 is 54.9 Å². The van der Waals surface area contributed by atoms with Crippen molar-refractivity contribution in [1.82, 2.24) is 14.9 Å². The van der Waals surface area contributed by atoms with Crippen LogP contribution in [0.5, 0.6) is 0 Å². The summed E-state index contributed by atoms with van der Waals surface area (Å²) in [5.74, 6) is 5.59. The van der Waals surface area contributed by atoms with Crippen LogP contribution in [-0.2, 0) is 24.2 Å². The van der Waals surface area contributed by atoms with E-state index in [9.17, 15) is 9.59 Å². The lowest BCUT2D eigenvalue weighted by Crippen LogP contribution is -2.48. The van der Waals surface area contributed by atoms with Crippen molar-refractivity contribution < 1.29 is 14.7 Å². The zero-order valence-electron chi connectivity index (χ0n) is 17.8. The van der Waals surface area contributed by atoms with Crippen LogP contribution in [0.25, 0.3) is 0 Å². The summed E-state index contributed by atoms with van der Waals surface area (Å²) < 4.78 is 0.